The van der Waals surface area contributed by atoms with Gasteiger partial charge >= 0.3 is 0 Å². The van der Waals surface area contributed by atoms with E-state index in [1.54, 1.807) is 11.3 Å². The molecule has 0 amide bonds. The van der Waals surface area contributed by atoms with Crippen LogP contribution in [-0.2, 0) is 13.6 Å². The first kappa shape index (κ1) is 14.7. The van der Waals surface area contributed by atoms with Crippen molar-refractivity contribution in [2.45, 2.75) is 13.5 Å². The molecule has 0 spiro atoms. The van der Waals surface area contributed by atoms with E-state index in [2.05, 4.69) is 34.0 Å². The number of nitrogens with zero attached hydrogens (tertiary/aromatic N) is 3. The lowest BCUT2D eigenvalue weighted by molar-refractivity contribution is 0.642. The van der Waals surface area contributed by atoms with Gasteiger partial charge in [0.25, 0.3) is 5.56 Å². The number of hydrogen-bond acceptors (Lipinski definition) is 3. The quantitative estimate of drug-likeness (QED) is 0.520. The molecule has 3 aromatic heterocycles. The van der Waals surface area contributed by atoms with Crippen molar-refractivity contribution < 1.29 is 0 Å². The first-order valence-electron chi connectivity index (χ1n) is 7.24. The fourth-order valence-electron chi connectivity index (χ4n) is 2.93. The van der Waals surface area contributed by atoms with E-state index in [-0.39, 0.29) is 5.56 Å². The van der Waals surface area contributed by atoms with Crippen LogP contribution in [-0.4, -0.2) is 14.3 Å². The Morgan fingerprint density at radius 2 is 2.09 bits per heavy atom. The van der Waals surface area contributed by atoms with E-state index < -0.39 is 0 Å². The number of fused-ring (bicyclic) bond motifs is 3. The molecule has 0 N–H and O–H groups in total. The molecule has 0 unspecified atom stereocenters. The Bertz CT molecular complexity index is 1110. The van der Waals surface area contributed by atoms with Gasteiger partial charge in [0, 0.05) is 21.8 Å². The van der Waals surface area contributed by atoms with Gasteiger partial charge in [-0.1, -0.05) is 34.1 Å². The van der Waals surface area contributed by atoms with Crippen molar-refractivity contribution in [2.75, 3.05) is 0 Å². The number of aromatic nitrogens is 3. The average molecular weight is 388 g/mol. The highest BCUT2D eigenvalue weighted by molar-refractivity contribution is 9.10. The lowest BCUT2D eigenvalue weighted by atomic mass is 10.2. The largest absolute Gasteiger partial charge is 0.338 e. The van der Waals surface area contributed by atoms with Gasteiger partial charge < -0.3 is 4.57 Å². The molecule has 4 nitrogen and oxygen atoms in total. The van der Waals surface area contributed by atoms with Crippen LogP contribution in [0.5, 0.6) is 0 Å². The van der Waals surface area contributed by atoms with Crippen LogP contribution in [0.1, 0.15) is 10.4 Å². The van der Waals surface area contributed by atoms with Crippen LogP contribution in [0.15, 0.2) is 45.8 Å². The fourth-order valence-corrected chi connectivity index (χ4v) is 4.40. The summed E-state index contributed by atoms with van der Waals surface area (Å²) in [6.45, 7) is 2.53. The van der Waals surface area contributed by atoms with Crippen molar-refractivity contribution in [3.05, 3.63) is 61.8 Å². The zero-order chi connectivity index (χ0) is 16.1. The molecule has 6 heteroatoms. The summed E-state index contributed by atoms with van der Waals surface area (Å²) in [5, 5.41) is 5.33. The summed E-state index contributed by atoms with van der Waals surface area (Å²) < 4.78 is 5.63. The zero-order valence-corrected chi connectivity index (χ0v) is 15.1. The number of thiophene rings is 1. The molecule has 0 saturated carbocycles. The van der Waals surface area contributed by atoms with E-state index in [0.717, 1.165) is 25.6 Å². The van der Waals surface area contributed by atoms with Crippen LogP contribution in [0.3, 0.4) is 0 Å². The molecular weight excluding hydrogens is 374 g/mol. The molecule has 1 aromatic carbocycles. The van der Waals surface area contributed by atoms with Gasteiger partial charge in [-0.15, -0.1) is 11.3 Å². The number of hydrogen-bond donors (Lipinski definition) is 0. The Hall–Kier alpha value is -1.92. The Labute approximate surface area is 145 Å². The molecule has 4 rings (SSSR count). The van der Waals surface area contributed by atoms with E-state index in [4.69, 9.17) is 0 Å². The zero-order valence-electron chi connectivity index (χ0n) is 12.7. The second kappa shape index (κ2) is 5.32. The molecule has 0 radical (unpaired) electrons. The second-order valence-corrected chi connectivity index (χ2v) is 7.70. The first-order valence-corrected chi connectivity index (χ1v) is 8.85. The predicted octanol–water partition coefficient (Wildman–Crippen LogP) is 4.07. The van der Waals surface area contributed by atoms with Crippen molar-refractivity contribution in [1.29, 1.82) is 0 Å². The number of aryl methyl sites for hydroxylation is 2. The Morgan fingerprint density at radius 3 is 2.87 bits per heavy atom. The highest BCUT2D eigenvalue weighted by Crippen LogP contribution is 2.32. The minimum absolute atomic E-state index is 0.0539. The van der Waals surface area contributed by atoms with Crippen LogP contribution < -0.4 is 5.56 Å². The van der Waals surface area contributed by atoms with E-state index in [0.29, 0.717) is 12.1 Å². The Kier molecular flexibility index (Phi) is 3.39. The fraction of sp³-hybridized carbons (Fsp3) is 0.176. The summed E-state index contributed by atoms with van der Waals surface area (Å²) in [7, 11) is 1.95. The van der Waals surface area contributed by atoms with E-state index in [9.17, 15) is 4.79 Å². The minimum Gasteiger partial charge on any atom is -0.338 e. The standard InChI is InChI=1S/C17H14BrN3OS/c1-10-7-14-16(23-10)12-8-19-21(17(22)15(12)20(14)2)9-11-5-3-4-6-13(11)18/h3-8H,9H2,1-2H3. The third-order valence-electron chi connectivity index (χ3n) is 4.07. The van der Waals surface area contributed by atoms with Crippen molar-refractivity contribution in [3.63, 3.8) is 0 Å². The van der Waals surface area contributed by atoms with Gasteiger partial charge in [-0.2, -0.15) is 5.10 Å². The van der Waals surface area contributed by atoms with Crippen LogP contribution in [0.25, 0.3) is 21.1 Å². The van der Waals surface area contributed by atoms with Crippen LogP contribution in [0.2, 0.25) is 0 Å². The van der Waals surface area contributed by atoms with Crippen molar-refractivity contribution in [1.82, 2.24) is 14.3 Å². The summed E-state index contributed by atoms with van der Waals surface area (Å²) in [5.74, 6) is 0. The predicted molar refractivity (Wildman–Crippen MR) is 98.3 cm³/mol. The summed E-state index contributed by atoms with van der Waals surface area (Å²) in [6, 6.07) is 10.0. The summed E-state index contributed by atoms with van der Waals surface area (Å²) in [4.78, 5) is 14.1. The molecule has 0 aliphatic carbocycles. The molecule has 0 fully saturated rings. The summed E-state index contributed by atoms with van der Waals surface area (Å²) in [5.41, 5.74) is 2.79. The molecule has 23 heavy (non-hydrogen) atoms. The summed E-state index contributed by atoms with van der Waals surface area (Å²) >= 11 is 5.23. The number of rotatable bonds is 2. The minimum atomic E-state index is -0.0539. The molecular formula is C17H14BrN3OS. The first-order chi connectivity index (χ1) is 11.1. The van der Waals surface area contributed by atoms with Gasteiger partial charge in [0.2, 0.25) is 0 Å². The highest BCUT2D eigenvalue weighted by Gasteiger charge is 2.16. The third kappa shape index (κ3) is 2.24. The maximum absolute atomic E-state index is 12.9. The van der Waals surface area contributed by atoms with Gasteiger partial charge in [0.05, 0.1) is 23.0 Å². The summed E-state index contributed by atoms with van der Waals surface area (Å²) in [6.07, 6.45) is 1.81. The van der Waals surface area contributed by atoms with E-state index in [1.807, 2.05) is 42.1 Å². The maximum Gasteiger partial charge on any atom is 0.291 e. The highest BCUT2D eigenvalue weighted by atomic mass is 79.9. The molecule has 0 atom stereocenters. The number of halogens is 1. The molecule has 116 valence electrons. The Morgan fingerprint density at radius 1 is 1.30 bits per heavy atom. The van der Waals surface area contributed by atoms with Crippen molar-refractivity contribution in [2.24, 2.45) is 7.05 Å². The monoisotopic (exact) mass is 387 g/mol. The molecule has 3 heterocycles. The maximum atomic E-state index is 12.9. The van der Waals surface area contributed by atoms with Crippen LogP contribution >= 0.6 is 27.3 Å². The van der Waals surface area contributed by atoms with Gasteiger partial charge in [0.15, 0.2) is 0 Å². The molecule has 0 aliphatic rings. The number of benzene rings is 1. The van der Waals surface area contributed by atoms with Gasteiger partial charge in [-0.05, 0) is 24.6 Å². The van der Waals surface area contributed by atoms with E-state index >= 15 is 0 Å². The normalized spacial score (nSPS) is 11.6. The molecule has 0 saturated heterocycles. The lowest BCUT2D eigenvalue weighted by Crippen LogP contribution is -2.24. The van der Waals surface area contributed by atoms with Gasteiger partial charge in [-0.25, -0.2) is 4.68 Å². The molecule has 4 aromatic rings. The third-order valence-corrected chi connectivity index (χ3v) is 5.92. The van der Waals surface area contributed by atoms with E-state index in [1.165, 1.54) is 9.56 Å². The lowest BCUT2D eigenvalue weighted by Gasteiger charge is -2.07. The SMILES string of the molecule is Cc1cc2c(s1)c1cnn(Cc3ccccc3Br)c(=O)c1n2C. The molecule has 0 bridgehead atoms. The topological polar surface area (TPSA) is 39.8 Å². The van der Waals surface area contributed by atoms with Crippen LogP contribution in [0.4, 0.5) is 0 Å². The second-order valence-electron chi connectivity index (χ2n) is 5.59. The van der Waals surface area contributed by atoms with Crippen molar-refractivity contribution >= 4 is 48.4 Å². The smallest absolute Gasteiger partial charge is 0.291 e. The van der Waals surface area contributed by atoms with Gasteiger partial charge in [0.1, 0.15) is 5.52 Å². The van der Waals surface area contributed by atoms with Crippen molar-refractivity contribution in [3.8, 4) is 0 Å². The average Bonchev–Trinajstić information content (AvgIpc) is 3.02. The van der Waals surface area contributed by atoms with Crippen LogP contribution in [0, 0.1) is 6.92 Å². The van der Waals surface area contributed by atoms with Gasteiger partial charge in [-0.3, -0.25) is 4.79 Å². The molecule has 0 aliphatic heterocycles. The Balaban J connectivity index is 1.93.